The molecule has 0 heterocycles. The van der Waals surface area contributed by atoms with Gasteiger partial charge in [-0.15, -0.1) is 0 Å². The molecule has 0 spiro atoms. The quantitative estimate of drug-likeness (QED) is 0.354. The second-order valence-corrected chi connectivity index (χ2v) is 3.88. The highest BCUT2D eigenvalue weighted by Crippen LogP contribution is 2.13. The molecule has 0 radical (unpaired) electrons. The zero-order chi connectivity index (χ0) is 12.4. The molecule has 2 aromatic carbocycles. The lowest BCUT2D eigenvalue weighted by Gasteiger charge is -2.06. The molecule has 0 unspecified atom stereocenters. The molecule has 0 aliphatic heterocycles. The molecule has 0 bridgehead atoms. The number of fused-ring (bicyclic) bond motifs is 1. The highest BCUT2D eigenvalue weighted by Gasteiger charge is 2.07. The Kier molecular flexibility index (Phi) is 2.83. The Hall–Kier alpha value is -2.30. The first kappa shape index (κ1) is 11.2. The molecule has 4 N–H and O–H groups in total. The summed E-state index contributed by atoms with van der Waals surface area (Å²) in [6.07, 6.45) is 0. The maximum atomic E-state index is 11.7. The largest absolute Gasteiger partial charge is 0.370 e. The van der Waals surface area contributed by atoms with Gasteiger partial charge in [-0.05, 0) is 22.9 Å². The number of guanidine groups is 1. The summed E-state index contributed by atoms with van der Waals surface area (Å²) >= 11 is 0. The zero-order valence-corrected chi connectivity index (χ0v) is 9.45. The van der Waals surface area contributed by atoms with Gasteiger partial charge in [0.2, 0.25) is 0 Å². The van der Waals surface area contributed by atoms with Gasteiger partial charge in [0.25, 0.3) is 5.91 Å². The molecule has 2 aromatic rings. The molecule has 17 heavy (non-hydrogen) atoms. The summed E-state index contributed by atoms with van der Waals surface area (Å²) in [5.41, 5.74) is 6.78. The van der Waals surface area contributed by atoms with Crippen LogP contribution in [0.25, 0.3) is 10.8 Å². The zero-order valence-electron chi connectivity index (χ0n) is 9.45. The third kappa shape index (κ3) is 2.28. The Morgan fingerprint density at radius 1 is 1.29 bits per heavy atom. The summed E-state index contributed by atoms with van der Waals surface area (Å²) in [6, 6.07) is 11.3. The van der Waals surface area contributed by atoms with E-state index < -0.39 is 0 Å². The number of benzene rings is 2. The van der Waals surface area contributed by atoms with Gasteiger partial charge < -0.3 is 5.73 Å². The van der Waals surface area contributed by atoms with Crippen LogP contribution in [0, 0.1) is 5.41 Å². The molecular weight excluding hydrogens is 213 g/mol. The van der Waals surface area contributed by atoms with Crippen molar-refractivity contribution in [1.29, 1.82) is 5.41 Å². The van der Waals surface area contributed by atoms with Crippen molar-refractivity contribution in [2.45, 2.75) is 0 Å². The van der Waals surface area contributed by atoms with Crippen molar-refractivity contribution < 1.29 is 4.79 Å². The first-order valence-electron chi connectivity index (χ1n) is 5.22. The Bertz CT molecular complexity index is 610. The summed E-state index contributed by atoms with van der Waals surface area (Å²) in [5, 5.41) is 11.4. The van der Waals surface area contributed by atoms with Crippen LogP contribution in [0.15, 0.2) is 36.4 Å². The molecule has 0 saturated carbocycles. The van der Waals surface area contributed by atoms with E-state index in [1.54, 1.807) is 12.1 Å². The van der Waals surface area contributed by atoms with Gasteiger partial charge in [-0.25, -0.2) is 0 Å². The van der Waals surface area contributed by atoms with Crippen molar-refractivity contribution >= 4 is 35.9 Å². The van der Waals surface area contributed by atoms with E-state index in [2.05, 4.69) is 5.32 Å². The van der Waals surface area contributed by atoms with Gasteiger partial charge in [0, 0.05) is 5.56 Å². The molecular formula is C12H12BN3O. The van der Waals surface area contributed by atoms with Crippen molar-refractivity contribution in [3.05, 3.63) is 42.0 Å². The van der Waals surface area contributed by atoms with Crippen molar-refractivity contribution in [1.82, 2.24) is 5.32 Å². The van der Waals surface area contributed by atoms with Gasteiger partial charge in [-0.3, -0.25) is 15.5 Å². The Morgan fingerprint density at radius 3 is 2.76 bits per heavy atom. The molecule has 0 atom stereocenters. The second-order valence-electron chi connectivity index (χ2n) is 3.88. The number of nitrogens with two attached hydrogens (primary N) is 1. The number of nitrogens with one attached hydrogen (secondary N) is 2. The molecule has 1 amide bonds. The van der Waals surface area contributed by atoms with E-state index in [1.807, 2.05) is 32.1 Å². The molecule has 4 nitrogen and oxygen atoms in total. The fraction of sp³-hybridized carbons (Fsp3) is 0. The number of hydrogen-bond acceptors (Lipinski definition) is 2. The molecule has 5 heteroatoms. The smallest absolute Gasteiger partial charge is 0.257 e. The highest BCUT2D eigenvalue weighted by atomic mass is 16.1. The number of amides is 1. The molecule has 0 saturated heterocycles. The van der Waals surface area contributed by atoms with Crippen LogP contribution < -0.4 is 16.5 Å². The topological polar surface area (TPSA) is 79.0 Å². The maximum Gasteiger partial charge on any atom is 0.257 e. The average molecular weight is 225 g/mol. The van der Waals surface area contributed by atoms with Gasteiger partial charge in [0.05, 0.1) is 0 Å². The van der Waals surface area contributed by atoms with E-state index >= 15 is 0 Å². The minimum atomic E-state index is -0.360. The van der Waals surface area contributed by atoms with Crippen LogP contribution in [0.5, 0.6) is 0 Å². The fourth-order valence-electron chi connectivity index (χ4n) is 1.78. The predicted octanol–water partition coefficient (Wildman–Crippen LogP) is -0.279. The van der Waals surface area contributed by atoms with E-state index in [0.29, 0.717) is 5.56 Å². The summed E-state index contributed by atoms with van der Waals surface area (Å²) in [6.45, 7) is 0. The van der Waals surface area contributed by atoms with E-state index in [9.17, 15) is 4.79 Å². The lowest BCUT2D eigenvalue weighted by molar-refractivity contribution is 0.0976. The third-order valence-corrected chi connectivity index (χ3v) is 2.61. The Labute approximate surface area is 99.7 Å². The van der Waals surface area contributed by atoms with Crippen LogP contribution in [0.4, 0.5) is 0 Å². The van der Waals surface area contributed by atoms with Crippen molar-refractivity contribution in [2.75, 3.05) is 0 Å². The molecule has 84 valence electrons. The van der Waals surface area contributed by atoms with Crippen molar-refractivity contribution in [3.63, 3.8) is 0 Å². The summed E-state index contributed by atoms with van der Waals surface area (Å²) in [7, 11) is 2.03. The highest BCUT2D eigenvalue weighted by molar-refractivity contribution is 6.38. The average Bonchev–Trinajstić information content (AvgIpc) is 2.28. The lowest BCUT2D eigenvalue weighted by Crippen LogP contribution is -2.35. The summed E-state index contributed by atoms with van der Waals surface area (Å²) in [5.74, 6) is -0.708. The van der Waals surface area contributed by atoms with E-state index in [-0.39, 0.29) is 11.9 Å². The van der Waals surface area contributed by atoms with Crippen LogP contribution in [0.1, 0.15) is 10.4 Å². The van der Waals surface area contributed by atoms with Crippen molar-refractivity contribution in [3.8, 4) is 0 Å². The minimum absolute atomic E-state index is 0.348. The monoisotopic (exact) mass is 225 g/mol. The lowest BCUT2D eigenvalue weighted by atomic mass is 9.89. The molecule has 0 fully saturated rings. The third-order valence-electron chi connectivity index (χ3n) is 2.61. The van der Waals surface area contributed by atoms with Gasteiger partial charge in [0.1, 0.15) is 7.85 Å². The van der Waals surface area contributed by atoms with Gasteiger partial charge in [-0.2, -0.15) is 0 Å². The second kappa shape index (κ2) is 4.29. The van der Waals surface area contributed by atoms with E-state index in [4.69, 9.17) is 11.1 Å². The van der Waals surface area contributed by atoms with Crippen LogP contribution in [0.3, 0.4) is 0 Å². The van der Waals surface area contributed by atoms with E-state index in [1.165, 1.54) is 5.46 Å². The van der Waals surface area contributed by atoms with Gasteiger partial charge in [0.15, 0.2) is 5.96 Å². The molecule has 0 aliphatic rings. The first-order chi connectivity index (χ1) is 8.08. The molecule has 0 aliphatic carbocycles. The minimum Gasteiger partial charge on any atom is -0.370 e. The summed E-state index contributed by atoms with van der Waals surface area (Å²) in [4.78, 5) is 11.7. The number of rotatable bonds is 1. The SMILES string of the molecule is Bc1cccc2cc(C(=O)NC(=N)N)ccc12. The normalized spacial score (nSPS) is 10.1. The first-order valence-corrected chi connectivity index (χ1v) is 5.22. The Morgan fingerprint density at radius 2 is 2.06 bits per heavy atom. The maximum absolute atomic E-state index is 11.7. The number of carbonyl (C=O) groups excluding carboxylic acids is 1. The van der Waals surface area contributed by atoms with Crippen molar-refractivity contribution in [2.24, 2.45) is 5.73 Å². The summed E-state index contributed by atoms with van der Waals surface area (Å²) < 4.78 is 0. The Balaban J connectivity index is 2.45. The predicted molar refractivity (Wildman–Crippen MR) is 71.5 cm³/mol. The van der Waals surface area contributed by atoms with E-state index in [0.717, 1.165) is 10.8 Å². The number of carbonyl (C=O) groups is 1. The van der Waals surface area contributed by atoms with Crippen LogP contribution in [-0.2, 0) is 0 Å². The standard InChI is InChI=1S/C12H12BN3O/c13-10-3-1-2-7-6-8(4-5-9(7)10)11(17)16-12(14)15/h1-6H,13H2,(H4,14,15,16,17). The molecule has 2 rings (SSSR count). The van der Waals surface area contributed by atoms with Crippen LogP contribution in [0.2, 0.25) is 0 Å². The fourth-order valence-corrected chi connectivity index (χ4v) is 1.78. The van der Waals surface area contributed by atoms with Gasteiger partial charge >= 0.3 is 0 Å². The van der Waals surface area contributed by atoms with Crippen LogP contribution >= 0.6 is 0 Å². The van der Waals surface area contributed by atoms with Gasteiger partial charge in [-0.1, -0.05) is 29.7 Å². The molecule has 0 aromatic heterocycles. The number of hydrogen-bond donors (Lipinski definition) is 3. The van der Waals surface area contributed by atoms with Crippen LogP contribution in [-0.4, -0.2) is 19.7 Å².